The monoisotopic (exact) mass is 353 g/mol. The number of benzene rings is 1. The van der Waals surface area contributed by atoms with Crippen LogP contribution in [0.25, 0.3) is 0 Å². The number of nitrogens with zero attached hydrogens (tertiary/aromatic N) is 2. The van der Waals surface area contributed by atoms with Crippen LogP contribution < -0.4 is 10.5 Å². The van der Waals surface area contributed by atoms with Crippen LogP contribution >= 0.6 is 0 Å². The van der Waals surface area contributed by atoms with Crippen LogP contribution in [0.1, 0.15) is 11.1 Å². The van der Waals surface area contributed by atoms with Crippen molar-refractivity contribution in [3.8, 4) is 5.75 Å². The molecule has 0 aliphatic carbocycles. The number of primary amides is 1. The van der Waals surface area contributed by atoms with Crippen LogP contribution in [-0.4, -0.2) is 41.4 Å². The van der Waals surface area contributed by atoms with Crippen molar-refractivity contribution in [3.63, 3.8) is 0 Å². The van der Waals surface area contributed by atoms with Crippen LogP contribution in [0.3, 0.4) is 0 Å². The number of pyridine rings is 1. The van der Waals surface area contributed by atoms with Crippen LogP contribution in [0.5, 0.6) is 5.75 Å². The molecule has 26 heavy (non-hydrogen) atoms. The first-order chi connectivity index (χ1) is 12.5. The Morgan fingerprint density at radius 1 is 1.23 bits per heavy atom. The summed E-state index contributed by atoms with van der Waals surface area (Å²) >= 11 is 0. The zero-order valence-electron chi connectivity index (χ0n) is 14.8. The van der Waals surface area contributed by atoms with Crippen LogP contribution in [0, 0.1) is 18.8 Å². The number of likely N-dealkylation sites (tertiary alicyclic amines) is 1. The molecule has 3 rings (SSSR count). The van der Waals surface area contributed by atoms with E-state index in [2.05, 4.69) is 4.98 Å². The van der Waals surface area contributed by atoms with Crippen molar-refractivity contribution in [3.05, 3.63) is 59.9 Å². The molecule has 2 aromatic rings. The Morgan fingerprint density at radius 2 is 2.00 bits per heavy atom. The van der Waals surface area contributed by atoms with Gasteiger partial charge in [0.1, 0.15) is 5.75 Å². The highest BCUT2D eigenvalue weighted by atomic mass is 16.5. The number of carbonyl (C=O) groups excluding carboxylic acids is 2. The highest BCUT2D eigenvalue weighted by molar-refractivity contribution is 5.82. The largest absolute Gasteiger partial charge is 0.493 e. The molecule has 2 heterocycles. The maximum absolute atomic E-state index is 12.6. The van der Waals surface area contributed by atoms with E-state index in [0.717, 1.165) is 11.1 Å². The highest BCUT2D eigenvalue weighted by Gasteiger charge is 2.38. The summed E-state index contributed by atoms with van der Waals surface area (Å²) in [6.07, 6.45) is 3.62. The van der Waals surface area contributed by atoms with Crippen LogP contribution in [-0.2, 0) is 16.0 Å². The summed E-state index contributed by atoms with van der Waals surface area (Å²) in [6, 6.07) is 11.4. The van der Waals surface area contributed by atoms with E-state index in [1.807, 2.05) is 31.2 Å². The molecule has 2 amide bonds. The van der Waals surface area contributed by atoms with E-state index in [1.165, 1.54) is 0 Å². The van der Waals surface area contributed by atoms with E-state index in [-0.39, 0.29) is 17.7 Å². The summed E-state index contributed by atoms with van der Waals surface area (Å²) in [5.74, 6) is -0.194. The van der Waals surface area contributed by atoms with Crippen molar-refractivity contribution in [1.29, 1.82) is 0 Å². The molecule has 1 aliphatic heterocycles. The predicted octanol–water partition coefficient (Wildman–Crippen LogP) is 1.57. The minimum Gasteiger partial charge on any atom is -0.493 e. The van der Waals surface area contributed by atoms with Crippen LogP contribution in [0.2, 0.25) is 0 Å². The Hall–Kier alpha value is -2.89. The molecule has 1 aromatic heterocycles. The fourth-order valence-corrected chi connectivity index (χ4v) is 3.31. The summed E-state index contributed by atoms with van der Waals surface area (Å²) in [4.78, 5) is 30.1. The molecule has 1 saturated heterocycles. The van der Waals surface area contributed by atoms with Gasteiger partial charge >= 0.3 is 0 Å². The highest BCUT2D eigenvalue weighted by Crippen LogP contribution is 2.25. The Bertz CT molecular complexity index is 779. The lowest BCUT2D eigenvalue weighted by atomic mass is 9.96. The number of hydrogen-bond donors (Lipinski definition) is 1. The molecular formula is C20H23N3O3. The van der Waals surface area contributed by atoms with Gasteiger partial charge in [-0.15, -0.1) is 0 Å². The molecule has 0 radical (unpaired) electrons. The molecule has 0 bridgehead atoms. The van der Waals surface area contributed by atoms with E-state index in [9.17, 15) is 9.59 Å². The van der Waals surface area contributed by atoms with Gasteiger partial charge in [0.15, 0.2) is 0 Å². The van der Waals surface area contributed by atoms with Gasteiger partial charge in [0.25, 0.3) is 0 Å². The lowest BCUT2D eigenvalue weighted by molar-refractivity contribution is -0.129. The van der Waals surface area contributed by atoms with Gasteiger partial charge in [-0.2, -0.15) is 0 Å². The number of nitrogens with two attached hydrogens (primary N) is 1. The second kappa shape index (κ2) is 7.99. The van der Waals surface area contributed by atoms with Gasteiger partial charge in [-0.1, -0.05) is 29.8 Å². The van der Waals surface area contributed by atoms with E-state index < -0.39 is 5.92 Å². The minimum atomic E-state index is -0.390. The Balaban J connectivity index is 1.62. The van der Waals surface area contributed by atoms with Gasteiger partial charge in [-0.05, 0) is 24.6 Å². The van der Waals surface area contributed by atoms with Crippen LogP contribution in [0.15, 0.2) is 48.8 Å². The molecule has 0 spiro atoms. The summed E-state index contributed by atoms with van der Waals surface area (Å²) < 4.78 is 5.75. The second-order valence-electron chi connectivity index (χ2n) is 6.73. The Labute approximate surface area is 153 Å². The third-order valence-electron chi connectivity index (χ3n) is 4.71. The average molecular weight is 353 g/mol. The fourth-order valence-electron chi connectivity index (χ4n) is 3.31. The Kier molecular flexibility index (Phi) is 5.51. The lowest BCUT2D eigenvalue weighted by Crippen LogP contribution is -2.33. The van der Waals surface area contributed by atoms with Crippen molar-refractivity contribution in [2.24, 2.45) is 17.6 Å². The smallest absolute Gasteiger partial charge is 0.227 e. The number of aryl methyl sites for hydroxylation is 1. The molecule has 0 unspecified atom stereocenters. The molecule has 0 saturated carbocycles. The third kappa shape index (κ3) is 4.39. The number of ether oxygens (including phenoxy) is 1. The standard InChI is InChI=1S/C20H23N3O3/c1-14-3-2-4-15(9-14)10-19(24)23-11-16(18(12-23)20(21)25)13-26-17-5-7-22-8-6-17/h2-9,16,18H,10-13H2,1H3,(H2,21,25)/t16-,18+/m0/s1. The quantitative estimate of drug-likeness (QED) is 0.854. The predicted molar refractivity (Wildman–Crippen MR) is 97.4 cm³/mol. The summed E-state index contributed by atoms with van der Waals surface area (Å²) in [5, 5.41) is 0. The zero-order valence-corrected chi connectivity index (χ0v) is 14.8. The van der Waals surface area contributed by atoms with E-state index >= 15 is 0 Å². The molecule has 2 atom stereocenters. The molecule has 6 heteroatoms. The normalized spacial score (nSPS) is 19.3. The van der Waals surface area contributed by atoms with Gasteiger partial charge in [0, 0.05) is 31.4 Å². The van der Waals surface area contributed by atoms with E-state index in [0.29, 0.717) is 31.9 Å². The van der Waals surface area contributed by atoms with Crippen molar-refractivity contribution in [1.82, 2.24) is 9.88 Å². The molecule has 136 valence electrons. The number of amides is 2. The van der Waals surface area contributed by atoms with Crippen molar-refractivity contribution >= 4 is 11.8 Å². The van der Waals surface area contributed by atoms with Gasteiger partial charge in [-0.3, -0.25) is 14.6 Å². The second-order valence-corrected chi connectivity index (χ2v) is 6.73. The SMILES string of the molecule is Cc1cccc(CC(=O)N2C[C@@H](COc3ccncc3)[C@H](C(N)=O)C2)c1. The van der Waals surface area contributed by atoms with E-state index in [4.69, 9.17) is 10.5 Å². The molecular weight excluding hydrogens is 330 g/mol. The minimum absolute atomic E-state index is 0.00765. The summed E-state index contributed by atoms with van der Waals surface area (Å²) in [5.41, 5.74) is 7.64. The zero-order chi connectivity index (χ0) is 18.5. The molecule has 1 aliphatic rings. The first-order valence-corrected chi connectivity index (χ1v) is 8.68. The maximum Gasteiger partial charge on any atom is 0.227 e. The van der Waals surface area contributed by atoms with Crippen molar-refractivity contribution in [2.45, 2.75) is 13.3 Å². The van der Waals surface area contributed by atoms with E-state index in [1.54, 1.807) is 29.4 Å². The number of rotatable bonds is 6. The molecule has 1 aromatic carbocycles. The van der Waals surface area contributed by atoms with Crippen molar-refractivity contribution < 1.29 is 14.3 Å². The summed E-state index contributed by atoms with van der Waals surface area (Å²) in [7, 11) is 0. The third-order valence-corrected chi connectivity index (χ3v) is 4.71. The maximum atomic E-state index is 12.6. The molecule has 6 nitrogen and oxygen atoms in total. The first-order valence-electron chi connectivity index (χ1n) is 8.68. The van der Waals surface area contributed by atoms with Crippen molar-refractivity contribution in [2.75, 3.05) is 19.7 Å². The first kappa shape index (κ1) is 17.9. The summed E-state index contributed by atoms with van der Waals surface area (Å²) in [6.45, 7) is 3.17. The number of aromatic nitrogens is 1. The fraction of sp³-hybridized carbons (Fsp3) is 0.350. The van der Waals surface area contributed by atoms with Crippen LogP contribution in [0.4, 0.5) is 0 Å². The van der Waals surface area contributed by atoms with Gasteiger partial charge in [0.05, 0.1) is 18.9 Å². The number of hydrogen-bond acceptors (Lipinski definition) is 4. The topological polar surface area (TPSA) is 85.5 Å². The lowest BCUT2D eigenvalue weighted by Gasteiger charge is -2.17. The molecule has 1 fully saturated rings. The number of carbonyl (C=O) groups is 2. The molecule has 2 N–H and O–H groups in total. The Morgan fingerprint density at radius 3 is 2.69 bits per heavy atom. The average Bonchev–Trinajstić information content (AvgIpc) is 3.06. The van der Waals surface area contributed by atoms with Gasteiger partial charge < -0.3 is 15.4 Å². The van der Waals surface area contributed by atoms with Gasteiger partial charge in [0.2, 0.25) is 11.8 Å². The van der Waals surface area contributed by atoms with Gasteiger partial charge in [-0.25, -0.2) is 0 Å².